The summed E-state index contributed by atoms with van der Waals surface area (Å²) in [5, 5.41) is 2.01. The van der Waals surface area contributed by atoms with E-state index >= 15 is 0 Å². The van der Waals surface area contributed by atoms with Gasteiger partial charge in [0.1, 0.15) is 6.04 Å². The molecule has 2 aromatic carbocycles. The highest BCUT2D eigenvalue weighted by Gasteiger charge is 2.40. The maximum Gasteiger partial charge on any atom is 0.348 e. The second-order valence-electron chi connectivity index (χ2n) is 11.1. The van der Waals surface area contributed by atoms with Crippen molar-refractivity contribution in [2.24, 2.45) is 0 Å². The Morgan fingerprint density at radius 2 is 1.41 bits per heavy atom. The van der Waals surface area contributed by atoms with Gasteiger partial charge in [-0.1, -0.05) is 98.8 Å². The van der Waals surface area contributed by atoms with Gasteiger partial charge in [-0.15, -0.1) is 5.06 Å². The molecule has 0 saturated heterocycles. The summed E-state index contributed by atoms with van der Waals surface area (Å²) >= 11 is 1.15. The zero-order valence-electron chi connectivity index (χ0n) is 22.8. The molecule has 0 spiro atoms. The molecule has 0 bridgehead atoms. The molecular weight excluding hydrogens is 508 g/mol. The first kappa shape index (κ1) is 27.9. The smallest absolute Gasteiger partial charge is 0.348 e. The number of carbonyl (C=O) groups is 3. The molecule has 2 saturated carbocycles. The first-order valence-corrected chi connectivity index (χ1v) is 15.7. The van der Waals surface area contributed by atoms with Gasteiger partial charge in [0.15, 0.2) is 0 Å². The number of benzene rings is 2. The molecule has 6 nitrogen and oxygen atoms in total. The Hall–Kier alpha value is -2.64. The molecule has 2 aliphatic carbocycles. The third kappa shape index (κ3) is 6.93. The molecule has 208 valence electrons. The third-order valence-corrected chi connectivity index (χ3v) is 9.32. The fraction of sp³-hybridized carbons (Fsp3) is 0.531. The lowest BCUT2D eigenvalue weighted by Gasteiger charge is -2.42. The van der Waals surface area contributed by atoms with Crippen LogP contribution in [0.2, 0.25) is 0 Å². The van der Waals surface area contributed by atoms with Gasteiger partial charge in [0, 0.05) is 35.5 Å². The molecule has 1 amide bonds. The summed E-state index contributed by atoms with van der Waals surface area (Å²) in [6, 6.07) is 16.8. The Morgan fingerprint density at radius 1 is 0.795 bits per heavy atom. The van der Waals surface area contributed by atoms with E-state index in [1.807, 2.05) is 42.5 Å². The molecule has 0 N–H and O–H groups in total. The minimum atomic E-state index is -0.656. The summed E-state index contributed by atoms with van der Waals surface area (Å²) in [6.07, 6.45) is 12.9. The van der Waals surface area contributed by atoms with Crippen LogP contribution in [0.3, 0.4) is 0 Å². The number of thioether (sulfide) groups is 1. The Balaban J connectivity index is 1.30. The van der Waals surface area contributed by atoms with Crippen molar-refractivity contribution >= 4 is 34.4 Å². The van der Waals surface area contributed by atoms with E-state index in [0.29, 0.717) is 17.7 Å². The highest BCUT2D eigenvalue weighted by molar-refractivity contribution is 8.14. The van der Waals surface area contributed by atoms with Crippen LogP contribution in [-0.2, 0) is 20.8 Å². The summed E-state index contributed by atoms with van der Waals surface area (Å²) < 4.78 is 0. The number of hydroxylamine groups is 2. The van der Waals surface area contributed by atoms with Crippen LogP contribution in [-0.4, -0.2) is 45.9 Å². The lowest BCUT2D eigenvalue weighted by Crippen LogP contribution is -2.53. The molecule has 1 atom stereocenters. The molecule has 7 heteroatoms. The number of anilines is 1. The van der Waals surface area contributed by atoms with Gasteiger partial charge in [0.25, 0.3) is 0 Å². The standard InChI is InChI=1S/C32H40N2O4S/c35-30(22-23-39-32(37)25-13-4-1-5-14-25)33-28-19-11-10-12-24(28)20-21-29(33)31(36)38-34(26-15-6-2-7-16-26)27-17-8-3-9-18-27/h1,4-5,10-14,19,26-27,29H,2-3,6-9,15-18,20-23H2/t29-/m0/s1. The van der Waals surface area contributed by atoms with Gasteiger partial charge < -0.3 is 4.84 Å². The Morgan fingerprint density at radius 3 is 2.08 bits per heavy atom. The second kappa shape index (κ2) is 13.6. The van der Waals surface area contributed by atoms with Crippen LogP contribution in [0.25, 0.3) is 0 Å². The molecule has 5 rings (SSSR count). The van der Waals surface area contributed by atoms with Crippen LogP contribution in [0, 0.1) is 0 Å². The normalized spacial score (nSPS) is 20.4. The SMILES string of the molecule is O=C(SCCC(=O)N1c2ccccc2CC[C@H]1C(=O)ON(C1CCCCC1)C1CCCCC1)c1ccccc1. The predicted molar refractivity (Wildman–Crippen MR) is 156 cm³/mol. The number of nitrogens with zero attached hydrogens (tertiary/aromatic N) is 2. The average Bonchev–Trinajstić information content (AvgIpc) is 3.00. The van der Waals surface area contributed by atoms with Crippen LogP contribution in [0.5, 0.6) is 0 Å². The van der Waals surface area contributed by atoms with Crippen molar-refractivity contribution in [1.82, 2.24) is 5.06 Å². The van der Waals surface area contributed by atoms with E-state index in [-0.39, 0.29) is 35.5 Å². The number of fused-ring (bicyclic) bond motifs is 1. The number of rotatable bonds is 8. The van der Waals surface area contributed by atoms with Gasteiger partial charge >= 0.3 is 5.97 Å². The summed E-state index contributed by atoms with van der Waals surface area (Å²) in [4.78, 5) is 48.1. The number of para-hydroxylation sites is 1. The van der Waals surface area contributed by atoms with E-state index in [9.17, 15) is 14.4 Å². The number of carbonyl (C=O) groups excluding carboxylic acids is 3. The van der Waals surface area contributed by atoms with Gasteiger partial charge in [0.2, 0.25) is 11.0 Å². The van der Waals surface area contributed by atoms with Gasteiger partial charge in [-0.2, -0.15) is 0 Å². The van der Waals surface area contributed by atoms with Gasteiger partial charge in [-0.25, -0.2) is 4.79 Å². The van der Waals surface area contributed by atoms with E-state index in [1.165, 1.54) is 38.5 Å². The Bertz CT molecular complexity index is 1110. The number of hydrogen-bond acceptors (Lipinski definition) is 6. The fourth-order valence-corrected chi connectivity index (χ4v) is 7.13. The van der Waals surface area contributed by atoms with Crippen LogP contribution < -0.4 is 4.90 Å². The van der Waals surface area contributed by atoms with Crippen molar-refractivity contribution in [2.75, 3.05) is 10.7 Å². The molecule has 1 aliphatic heterocycles. The van der Waals surface area contributed by atoms with Gasteiger partial charge in [-0.3, -0.25) is 14.5 Å². The highest BCUT2D eigenvalue weighted by atomic mass is 32.2. The Labute approximate surface area is 236 Å². The lowest BCUT2D eigenvalue weighted by molar-refractivity contribution is -0.224. The summed E-state index contributed by atoms with van der Waals surface area (Å²) in [5.41, 5.74) is 2.49. The minimum absolute atomic E-state index is 0.0472. The molecule has 39 heavy (non-hydrogen) atoms. The van der Waals surface area contributed by atoms with Crippen LogP contribution in [0.15, 0.2) is 54.6 Å². The highest BCUT2D eigenvalue weighted by Crippen LogP contribution is 2.34. The first-order valence-electron chi connectivity index (χ1n) is 14.7. The molecule has 2 aromatic rings. The largest absolute Gasteiger partial charge is 0.365 e. The van der Waals surface area contributed by atoms with Crippen LogP contribution >= 0.6 is 11.8 Å². The van der Waals surface area contributed by atoms with Crippen molar-refractivity contribution in [3.05, 3.63) is 65.7 Å². The maximum absolute atomic E-state index is 13.9. The quantitative estimate of drug-likeness (QED) is 0.341. The first-order chi connectivity index (χ1) is 19.1. The zero-order valence-corrected chi connectivity index (χ0v) is 23.6. The van der Waals surface area contributed by atoms with E-state index < -0.39 is 6.04 Å². The average molecular weight is 549 g/mol. The summed E-state index contributed by atoms with van der Waals surface area (Å²) in [5.74, 6) is -0.0927. The molecule has 1 heterocycles. The topological polar surface area (TPSA) is 66.9 Å². The summed E-state index contributed by atoms with van der Waals surface area (Å²) in [7, 11) is 0. The second-order valence-corrected chi connectivity index (χ2v) is 12.1. The van der Waals surface area contributed by atoms with Crippen molar-refractivity contribution in [3.8, 4) is 0 Å². The van der Waals surface area contributed by atoms with Crippen molar-refractivity contribution in [1.29, 1.82) is 0 Å². The van der Waals surface area contributed by atoms with Gasteiger partial charge in [0.05, 0.1) is 0 Å². The zero-order chi connectivity index (χ0) is 27.0. The van der Waals surface area contributed by atoms with Crippen LogP contribution in [0.4, 0.5) is 5.69 Å². The maximum atomic E-state index is 13.9. The molecule has 2 fully saturated rings. The summed E-state index contributed by atoms with van der Waals surface area (Å²) in [6.45, 7) is 0. The third-order valence-electron chi connectivity index (χ3n) is 8.41. The van der Waals surface area contributed by atoms with Crippen molar-refractivity contribution < 1.29 is 19.2 Å². The monoisotopic (exact) mass is 548 g/mol. The van der Waals surface area contributed by atoms with Crippen LogP contribution in [0.1, 0.15) is 93.0 Å². The molecular formula is C32H40N2O4S. The number of amides is 1. The van der Waals surface area contributed by atoms with Crippen molar-refractivity contribution in [3.63, 3.8) is 0 Å². The molecule has 0 aromatic heterocycles. The van der Waals surface area contributed by atoms with E-state index in [4.69, 9.17) is 4.84 Å². The fourth-order valence-electron chi connectivity index (χ4n) is 6.37. The van der Waals surface area contributed by atoms with E-state index in [1.54, 1.807) is 17.0 Å². The van der Waals surface area contributed by atoms with Crippen molar-refractivity contribution in [2.45, 2.75) is 102 Å². The molecule has 3 aliphatic rings. The Kier molecular flexibility index (Phi) is 9.75. The van der Waals surface area contributed by atoms with Gasteiger partial charge in [-0.05, 0) is 50.2 Å². The number of hydrogen-bond donors (Lipinski definition) is 0. The van der Waals surface area contributed by atoms with E-state index in [2.05, 4.69) is 5.06 Å². The minimum Gasteiger partial charge on any atom is -0.365 e. The molecule has 0 unspecified atom stereocenters. The van der Waals surface area contributed by atoms with E-state index in [0.717, 1.165) is 55.1 Å². The number of aryl methyl sites for hydroxylation is 1. The lowest BCUT2D eigenvalue weighted by atomic mass is 9.90. The predicted octanol–water partition coefficient (Wildman–Crippen LogP) is 6.72. The molecule has 0 radical (unpaired) electrons.